The van der Waals surface area contributed by atoms with Crippen molar-refractivity contribution in [3.8, 4) is 0 Å². The van der Waals surface area contributed by atoms with Gasteiger partial charge in [0.2, 0.25) is 29.5 Å². The molecule has 1 fully saturated rings. The molecule has 6 atom stereocenters. The Bertz CT molecular complexity index is 1100. The first-order chi connectivity index (χ1) is 24.1. The van der Waals surface area contributed by atoms with Gasteiger partial charge in [0.25, 0.3) is 0 Å². The Labute approximate surface area is 304 Å². The van der Waals surface area contributed by atoms with Crippen molar-refractivity contribution in [2.75, 3.05) is 45.9 Å². The van der Waals surface area contributed by atoms with E-state index < -0.39 is 42.0 Å². The van der Waals surface area contributed by atoms with Crippen LogP contribution < -0.4 is 31.9 Å². The average molecular weight is 726 g/mol. The number of ether oxygens (including phenoxy) is 1. The second-order valence-electron chi connectivity index (χ2n) is 14.5. The number of aliphatic carboxylic acids is 1. The molecule has 1 saturated heterocycles. The summed E-state index contributed by atoms with van der Waals surface area (Å²) in [6, 6.07) is -3.44. The molecular weight excluding hydrogens is 658 g/mol. The second kappa shape index (κ2) is 24.8. The minimum absolute atomic E-state index is 0.0214. The summed E-state index contributed by atoms with van der Waals surface area (Å²) in [6.45, 7) is 19.7. The Morgan fingerprint density at radius 1 is 0.784 bits per heavy atom. The van der Waals surface area contributed by atoms with E-state index >= 15 is 0 Å². The fourth-order valence-electron chi connectivity index (χ4n) is 5.73. The number of carbonyl (C=O) groups excluding carboxylic acids is 5. The molecule has 15 heteroatoms. The molecule has 0 aromatic rings. The van der Waals surface area contributed by atoms with E-state index in [1.165, 1.54) is 0 Å². The van der Waals surface area contributed by atoms with Gasteiger partial charge in [-0.25, -0.2) is 0 Å². The van der Waals surface area contributed by atoms with E-state index in [1.807, 2.05) is 48.5 Å². The summed E-state index contributed by atoms with van der Waals surface area (Å²) in [5.74, 6) is -2.95. The maximum Gasteiger partial charge on any atom is 0.303 e. The number of morpholine rings is 1. The lowest BCUT2D eigenvalue weighted by atomic mass is 9.97. The van der Waals surface area contributed by atoms with Crippen LogP contribution in [0, 0.1) is 17.8 Å². The van der Waals surface area contributed by atoms with Crippen LogP contribution in [0.15, 0.2) is 0 Å². The van der Waals surface area contributed by atoms with E-state index in [1.54, 1.807) is 6.92 Å². The van der Waals surface area contributed by atoms with Gasteiger partial charge in [-0.1, -0.05) is 61.3 Å². The van der Waals surface area contributed by atoms with Crippen LogP contribution in [-0.4, -0.2) is 122 Å². The molecule has 15 nitrogen and oxygen atoms in total. The van der Waals surface area contributed by atoms with Gasteiger partial charge < -0.3 is 41.7 Å². The van der Waals surface area contributed by atoms with Gasteiger partial charge in [-0.15, -0.1) is 0 Å². The van der Waals surface area contributed by atoms with E-state index in [2.05, 4.69) is 36.8 Å². The predicted octanol–water partition coefficient (Wildman–Crippen LogP) is 1.16. The van der Waals surface area contributed by atoms with E-state index in [0.717, 1.165) is 13.1 Å². The fraction of sp³-hybridized carbons (Fsp3) is 0.833. The third kappa shape index (κ3) is 18.7. The molecule has 294 valence electrons. The van der Waals surface area contributed by atoms with Gasteiger partial charge in [0.05, 0.1) is 19.3 Å². The molecule has 0 aliphatic carbocycles. The lowest BCUT2D eigenvalue weighted by Gasteiger charge is -2.29. The topological polar surface area (TPSA) is 207 Å². The van der Waals surface area contributed by atoms with Crippen LogP contribution >= 0.6 is 0 Å². The first-order valence-corrected chi connectivity index (χ1v) is 18.8. The highest BCUT2D eigenvalue weighted by molar-refractivity contribution is 5.92. The first-order valence-electron chi connectivity index (χ1n) is 18.8. The minimum Gasteiger partial charge on any atom is -0.481 e. The SMILES string of the molecule is CCC[C@H](NC(=O)C(NC(=O)CCCC(=O)O)[C@@H](C)CC)C(=O)N[C@H](CN[C@@H](C)C(=O)N[C@H](C(=O)NCCN1CCOCC1)C(C)C)CC(C)C. The number of carboxylic acid groups (broad SMARTS) is 1. The third-order valence-electron chi connectivity index (χ3n) is 9.06. The summed E-state index contributed by atoms with van der Waals surface area (Å²) in [4.78, 5) is 78.8. The maximum absolute atomic E-state index is 13.6. The van der Waals surface area contributed by atoms with E-state index in [4.69, 9.17) is 9.84 Å². The van der Waals surface area contributed by atoms with Crippen molar-refractivity contribution >= 4 is 35.5 Å². The summed E-state index contributed by atoms with van der Waals surface area (Å²) in [5.41, 5.74) is 0. The lowest BCUT2D eigenvalue weighted by molar-refractivity contribution is -0.137. The Hall–Kier alpha value is -3.30. The normalized spacial score (nSPS) is 17.1. The van der Waals surface area contributed by atoms with Crippen molar-refractivity contribution < 1.29 is 38.6 Å². The van der Waals surface area contributed by atoms with Gasteiger partial charge >= 0.3 is 5.97 Å². The third-order valence-corrected chi connectivity index (χ3v) is 9.06. The molecule has 1 aliphatic heterocycles. The van der Waals surface area contributed by atoms with Crippen LogP contribution in [-0.2, 0) is 33.5 Å². The van der Waals surface area contributed by atoms with E-state index in [-0.39, 0.29) is 67.3 Å². The van der Waals surface area contributed by atoms with Crippen LogP contribution in [0.5, 0.6) is 0 Å². The molecule has 1 unspecified atom stereocenters. The molecule has 0 saturated carbocycles. The van der Waals surface area contributed by atoms with Crippen LogP contribution in [0.3, 0.4) is 0 Å². The monoisotopic (exact) mass is 726 g/mol. The molecule has 1 aliphatic rings. The number of rotatable bonds is 25. The van der Waals surface area contributed by atoms with Gasteiger partial charge in [0.1, 0.15) is 18.1 Å². The lowest BCUT2D eigenvalue weighted by Crippen LogP contribution is -2.58. The zero-order valence-electron chi connectivity index (χ0n) is 32.3. The summed E-state index contributed by atoms with van der Waals surface area (Å²) in [6.07, 6.45) is 2.21. The Kier molecular flexibility index (Phi) is 22.2. The van der Waals surface area contributed by atoms with Gasteiger partial charge in [-0.3, -0.25) is 33.7 Å². The molecule has 0 aromatic heterocycles. The standard InChI is InChI=1S/C36H67N7O8/c1-9-12-28(40-36(50)32(25(7)10-2)41-29(44)13-11-14-30(45)46)34(48)39-27(21-23(3)4)22-38-26(8)33(47)42-31(24(5)6)35(49)37-15-16-43-17-19-51-20-18-43/h23-28,31-32,38H,9-22H2,1-8H3,(H,37,49)(H,39,48)(H,40,50)(H,41,44)(H,42,47)(H,45,46)/t25-,26-,27-,28-,31-,32?/m0/s1. The molecule has 0 radical (unpaired) electrons. The largest absolute Gasteiger partial charge is 0.481 e. The Balaban J connectivity index is 2.83. The number of hydrogen-bond donors (Lipinski definition) is 7. The quantitative estimate of drug-likeness (QED) is 0.0715. The highest BCUT2D eigenvalue weighted by Crippen LogP contribution is 2.12. The summed E-state index contributed by atoms with van der Waals surface area (Å²) in [7, 11) is 0. The van der Waals surface area contributed by atoms with Crippen LogP contribution in [0.1, 0.15) is 100 Å². The van der Waals surface area contributed by atoms with Crippen LogP contribution in [0.4, 0.5) is 0 Å². The van der Waals surface area contributed by atoms with Gasteiger partial charge in [0, 0.05) is 51.6 Å². The Morgan fingerprint density at radius 3 is 2.02 bits per heavy atom. The maximum atomic E-state index is 13.6. The van der Waals surface area contributed by atoms with Gasteiger partial charge in [-0.05, 0) is 43.9 Å². The van der Waals surface area contributed by atoms with E-state index in [0.29, 0.717) is 52.0 Å². The van der Waals surface area contributed by atoms with Crippen LogP contribution in [0.25, 0.3) is 0 Å². The molecular formula is C36H67N7O8. The van der Waals surface area contributed by atoms with E-state index in [9.17, 15) is 28.8 Å². The van der Waals surface area contributed by atoms with Gasteiger partial charge in [0.15, 0.2) is 0 Å². The highest BCUT2D eigenvalue weighted by Gasteiger charge is 2.31. The number of carboxylic acids is 1. The summed E-state index contributed by atoms with van der Waals surface area (Å²) < 4.78 is 5.37. The molecule has 0 spiro atoms. The summed E-state index contributed by atoms with van der Waals surface area (Å²) in [5, 5.41) is 26.5. The number of carbonyl (C=O) groups is 6. The predicted molar refractivity (Wildman–Crippen MR) is 196 cm³/mol. The van der Waals surface area contributed by atoms with Crippen molar-refractivity contribution in [1.82, 2.24) is 36.8 Å². The molecule has 5 amide bonds. The van der Waals surface area contributed by atoms with Crippen molar-refractivity contribution in [2.45, 2.75) is 131 Å². The minimum atomic E-state index is -0.994. The first kappa shape index (κ1) is 45.7. The zero-order chi connectivity index (χ0) is 38.5. The van der Waals surface area contributed by atoms with Crippen molar-refractivity contribution in [1.29, 1.82) is 0 Å². The van der Waals surface area contributed by atoms with Crippen molar-refractivity contribution in [2.24, 2.45) is 17.8 Å². The Morgan fingerprint density at radius 2 is 1.45 bits per heavy atom. The highest BCUT2D eigenvalue weighted by atomic mass is 16.5. The van der Waals surface area contributed by atoms with Gasteiger partial charge in [-0.2, -0.15) is 0 Å². The molecule has 0 bridgehead atoms. The zero-order valence-corrected chi connectivity index (χ0v) is 32.3. The number of nitrogens with zero attached hydrogens (tertiary/aromatic N) is 1. The summed E-state index contributed by atoms with van der Waals surface area (Å²) >= 11 is 0. The smallest absolute Gasteiger partial charge is 0.303 e. The second-order valence-corrected chi connectivity index (χ2v) is 14.5. The number of amides is 5. The molecule has 1 heterocycles. The number of hydrogen-bond acceptors (Lipinski definition) is 9. The molecule has 7 N–H and O–H groups in total. The van der Waals surface area contributed by atoms with Crippen molar-refractivity contribution in [3.63, 3.8) is 0 Å². The number of nitrogens with one attached hydrogen (secondary N) is 6. The van der Waals surface area contributed by atoms with Crippen molar-refractivity contribution in [3.05, 3.63) is 0 Å². The fourth-order valence-corrected chi connectivity index (χ4v) is 5.73. The molecule has 0 aromatic carbocycles. The average Bonchev–Trinajstić information content (AvgIpc) is 3.07. The molecule has 51 heavy (non-hydrogen) atoms. The van der Waals surface area contributed by atoms with Crippen LogP contribution in [0.2, 0.25) is 0 Å². The molecule has 1 rings (SSSR count).